The lowest BCUT2D eigenvalue weighted by Crippen LogP contribution is -2.11. The Balaban J connectivity index is 2.00. The summed E-state index contributed by atoms with van der Waals surface area (Å²) in [4.78, 5) is 16.3. The largest absolute Gasteiger partial charge is 0.494 e. The second-order valence-corrected chi connectivity index (χ2v) is 8.72. The molecule has 5 nitrogen and oxygen atoms in total. The molecule has 0 aliphatic heterocycles. The van der Waals surface area contributed by atoms with Crippen molar-refractivity contribution in [1.29, 1.82) is 0 Å². The molecule has 0 amide bonds. The maximum Gasteiger partial charge on any atom is 0.347 e. The van der Waals surface area contributed by atoms with E-state index in [1.807, 2.05) is 31.2 Å². The lowest BCUT2D eigenvalue weighted by Gasteiger charge is -2.08. The Morgan fingerprint density at radius 2 is 1.27 bits per heavy atom. The number of carbonyl (C=O) groups is 1. The van der Waals surface area contributed by atoms with E-state index < -0.39 is 5.97 Å². The van der Waals surface area contributed by atoms with Gasteiger partial charge < -0.3 is 14.3 Å². The first kappa shape index (κ1) is 29.0. The van der Waals surface area contributed by atoms with Gasteiger partial charge in [-0.1, -0.05) is 95.6 Å². The monoisotopic (exact) mass is 461 g/mol. The maximum atomic E-state index is 11.3. The van der Waals surface area contributed by atoms with Crippen molar-refractivity contribution >= 4 is 11.7 Å². The first-order valence-corrected chi connectivity index (χ1v) is 13.2. The number of oxime groups is 1. The number of hydrogen-bond acceptors (Lipinski definition) is 5. The minimum atomic E-state index is -0.415. The van der Waals surface area contributed by atoms with Gasteiger partial charge in [0, 0.05) is 0 Å². The van der Waals surface area contributed by atoms with E-state index in [0.717, 1.165) is 24.3 Å². The van der Waals surface area contributed by atoms with Gasteiger partial charge in [0.15, 0.2) is 0 Å². The molecule has 33 heavy (non-hydrogen) atoms. The van der Waals surface area contributed by atoms with E-state index in [0.29, 0.717) is 12.3 Å². The molecule has 0 radical (unpaired) electrons. The van der Waals surface area contributed by atoms with Gasteiger partial charge in [0.2, 0.25) is 6.61 Å². The van der Waals surface area contributed by atoms with Crippen LogP contribution in [0.15, 0.2) is 29.4 Å². The zero-order valence-corrected chi connectivity index (χ0v) is 21.4. The summed E-state index contributed by atoms with van der Waals surface area (Å²) in [6.45, 7) is 6.80. The smallest absolute Gasteiger partial charge is 0.347 e. The number of ether oxygens (including phenoxy) is 2. The Kier molecular flexibility index (Phi) is 18.1. The fourth-order valence-corrected chi connectivity index (χ4v) is 3.72. The molecule has 1 aromatic rings. The quantitative estimate of drug-likeness (QED) is 0.0809. The number of rotatable bonds is 21. The third-order valence-corrected chi connectivity index (χ3v) is 5.73. The molecule has 0 aromatic heterocycles. The molecule has 0 spiro atoms. The Morgan fingerprint density at radius 3 is 1.79 bits per heavy atom. The van der Waals surface area contributed by atoms with Crippen molar-refractivity contribution in [2.75, 3.05) is 19.8 Å². The van der Waals surface area contributed by atoms with Crippen LogP contribution in [-0.2, 0) is 14.4 Å². The number of benzene rings is 1. The topological polar surface area (TPSA) is 57.1 Å². The summed E-state index contributed by atoms with van der Waals surface area (Å²) >= 11 is 0. The second-order valence-electron chi connectivity index (χ2n) is 8.72. The van der Waals surface area contributed by atoms with Crippen molar-refractivity contribution in [3.8, 4) is 5.75 Å². The minimum Gasteiger partial charge on any atom is -0.494 e. The first-order valence-electron chi connectivity index (χ1n) is 13.2. The maximum absolute atomic E-state index is 11.3. The van der Waals surface area contributed by atoms with Gasteiger partial charge in [-0.25, -0.2) is 4.79 Å². The average Bonchev–Trinajstić information content (AvgIpc) is 2.82. The molecule has 0 saturated carbocycles. The van der Waals surface area contributed by atoms with Gasteiger partial charge in [-0.2, -0.15) is 0 Å². The summed E-state index contributed by atoms with van der Waals surface area (Å²) < 4.78 is 10.7. The van der Waals surface area contributed by atoms with Crippen LogP contribution in [0.5, 0.6) is 5.75 Å². The molecular weight excluding hydrogens is 414 g/mol. The highest BCUT2D eigenvalue weighted by molar-refractivity contribution is 5.98. The third-order valence-electron chi connectivity index (χ3n) is 5.73. The van der Waals surface area contributed by atoms with E-state index in [1.54, 1.807) is 6.92 Å². The summed E-state index contributed by atoms with van der Waals surface area (Å²) in [5, 5.41) is 3.97. The molecule has 5 heteroatoms. The van der Waals surface area contributed by atoms with Gasteiger partial charge >= 0.3 is 5.97 Å². The van der Waals surface area contributed by atoms with Crippen molar-refractivity contribution in [1.82, 2.24) is 0 Å². The van der Waals surface area contributed by atoms with Crippen LogP contribution in [0.3, 0.4) is 0 Å². The minimum absolute atomic E-state index is 0.175. The molecule has 0 fully saturated rings. The van der Waals surface area contributed by atoms with Crippen LogP contribution in [0, 0.1) is 0 Å². The van der Waals surface area contributed by atoms with Gasteiger partial charge in [0.05, 0.1) is 18.9 Å². The van der Waals surface area contributed by atoms with Gasteiger partial charge in [-0.05, 0) is 50.1 Å². The van der Waals surface area contributed by atoms with E-state index in [2.05, 4.69) is 12.1 Å². The van der Waals surface area contributed by atoms with Crippen LogP contribution in [-0.4, -0.2) is 31.5 Å². The molecule has 0 unspecified atom stereocenters. The number of hydrogen-bond donors (Lipinski definition) is 0. The first-order chi connectivity index (χ1) is 16.2. The predicted molar refractivity (Wildman–Crippen MR) is 137 cm³/mol. The summed E-state index contributed by atoms with van der Waals surface area (Å²) in [7, 11) is 0. The van der Waals surface area contributed by atoms with E-state index in [-0.39, 0.29) is 6.61 Å². The molecular formula is C28H47NO4. The van der Waals surface area contributed by atoms with Crippen molar-refractivity contribution in [2.24, 2.45) is 5.16 Å². The summed E-state index contributed by atoms with van der Waals surface area (Å²) in [6, 6.07) is 7.80. The van der Waals surface area contributed by atoms with Crippen molar-refractivity contribution in [3.05, 3.63) is 29.8 Å². The molecule has 1 rings (SSSR count). The van der Waals surface area contributed by atoms with Gasteiger partial charge in [0.1, 0.15) is 5.75 Å². The highest BCUT2D eigenvalue weighted by Crippen LogP contribution is 2.15. The zero-order valence-electron chi connectivity index (χ0n) is 21.4. The SMILES string of the molecule is CCCCCCCCCCCCCCCCOc1ccc(C(C)=NOCC(=O)OCC)cc1. The van der Waals surface area contributed by atoms with Crippen LogP contribution < -0.4 is 4.74 Å². The van der Waals surface area contributed by atoms with E-state index in [1.165, 1.54) is 83.5 Å². The van der Waals surface area contributed by atoms with E-state index in [4.69, 9.17) is 14.3 Å². The molecule has 0 heterocycles. The van der Waals surface area contributed by atoms with Crippen LogP contribution in [0.25, 0.3) is 0 Å². The van der Waals surface area contributed by atoms with Gasteiger partial charge in [-0.15, -0.1) is 0 Å². The van der Waals surface area contributed by atoms with Crippen molar-refractivity contribution < 1.29 is 19.1 Å². The molecule has 0 aliphatic carbocycles. The number of nitrogens with zero attached hydrogens (tertiary/aromatic N) is 1. The Hall–Kier alpha value is -2.04. The molecule has 0 N–H and O–H groups in total. The fraction of sp³-hybridized carbons (Fsp3) is 0.714. The molecule has 1 aromatic carbocycles. The third kappa shape index (κ3) is 16.3. The number of esters is 1. The number of unbranched alkanes of at least 4 members (excludes halogenated alkanes) is 13. The van der Waals surface area contributed by atoms with Crippen molar-refractivity contribution in [2.45, 2.75) is 111 Å². The average molecular weight is 462 g/mol. The Bertz CT molecular complexity index is 627. The molecule has 0 bridgehead atoms. The zero-order chi connectivity index (χ0) is 24.0. The highest BCUT2D eigenvalue weighted by atomic mass is 16.7. The van der Waals surface area contributed by atoms with Crippen LogP contribution in [0.1, 0.15) is 116 Å². The van der Waals surface area contributed by atoms with Crippen LogP contribution in [0.2, 0.25) is 0 Å². The highest BCUT2D eigenvalue weighted by Gasteiger charge is 2.03. The number of carbonyl (C=O) groups excluding carboxylic acids is 1. The van der Waals surface area contributed by atoms with Gasteiger partial charge in [0.25, 0.3) is 0 Å². The van der Waals surface area contributed by atoms with Crippen LogP contribution >= 0.6 is 0 Å². The standard InChI is InChI=1S/C28H47NO4/c1-4-6-7-8-9-10-11-12-13-14-15-16-17-18-23-32-27-21-19-26(20-22-27)25(3)29-33-24-28(30)31-5-2/h19-22H,4-18,23-24H2,1-3H3. The lowest BCUT2D eigenvalue weighted by molar-refractivity contribution is -0.148. The molecule has 188 valence electrons. The van der Waals surface area contributed by atoms with E-state index in [9.17, 15) is 4.79 Å². The molecule has 0 saturated heterocycles. The molecule has 0 atom stereocenters. The second kappa shape index (κ2) is 20.6. The summed E-state index contributed by atoms with van der Waals surface area (Å²) in [6.07, 6.45) is 19.1. The summed E-state index contributed by atoms with van der Waals surface area (Å²) in [5.74, 6) is 0.454. The Morgan fingerprint density at radius 1 is 0.758 bits per heavy atom. The Labute approximate surface area is 202 Å². The fourth-order valence-electron chi connectivity index (χ4n) is 3.72. The van der Waals surface area contributed by atoms with Gasteiger partial charge in [-0.3, -0.25) is 0 Å². The van der Waals surface area contributed by atoms with Crippen LogP contribution in [0.4, 0.5) is 0 Å². The summed E-state index contributed by atoms with van der Waals surface area (Å²) in [5.41, 5.74) is 1.64. The lowest BCUT2D eigenvalue weighted by atomic mass is 10.0. The predicted octanol–water partition coefficient (Wildman–Crippen LogP) is 7.85. The normalized spacial score (nSPS) is 11.4. The van der Waals surface area contributed by atoms with E-state index >= 15 is 0 Å². The molecule has 0 aliphatic rings. The van der Waals surface area contributed by atoms with Crippen molar-refractivity contribution in [3.63, 3.8) is 0 Å².